The average Bonchev–Trinajstić information content (AvgIpc) is 3.79. The number of thiophene rings is 2. The SMILES string of the molecule is O=C(O)COc1ccc(/C(=C(\Br)c2ccccc2)c2ccc(Br)s2)cc1.O=C(O)COc1ccc(/C(=C(\Br)c2ccccc2)c2ccc(Br)s2)cc1.[Zn]. The van der Waals surface area contributed by atoms with Crippen LogP contribution in [0.4, 0.5) is 0 Å². The van der Waals surface area contributed by atoms with Crippen LogP contribution in [-0.2, 0) is 29.1 Å². The van der Waals surface area contributed by atoms with Gasteiger partial charge in [0.2, 0.25) is 0 Å². The van der Waals surface area contributed by atoms with Gasteiger partial charge >= 0.3 is 11.9 Å². The van der Waals surface area contributed by atoms with Crippen LogP contribution in [0.1, 0.15) is 32.0 Å². The van der Waals surface area contributed by atoms with E-state index in [1.54, 1.807) is 46.9 Å². The van der Waals surface area contributed by atoms with E-state index in [0.717, 1.165) is 59.7 Å². The van der Waals surface area contributed by atoms with Crippen molar-refractivity contribution in [2.45, 2.75) is 0 Å². The van der Waals surface area contributed by atoms with Gasteiger partial charge < -0.3 is 19.7 Å². The number of carboxylic acids is 2. The zero-order valence-corrected chi connectivity index (χ0v) is 38.6. The van der Waals surface area contributed by atoms with E-state index in [1.165, 1.54) is 0 Å². The van der Waals surface area contributed by atoms with Crippen LogP contribution in [0.5, 0.6) is 11.5 Å². The van der Waals surface area contributed by atoms with Crippen molar-refractivity contribution < 1.29 is 48.8 Å². The molecular formula is C40H28Br4O6S2Zn. The third-order valence-corrected chi connectivity index (χ3v) is 12.1. The Bertz CT molecular complexity index is 2030. The van der Waals surface area contributed by atoms with Crippen LogP contribution in [0, 0.1) is 0 Å². The van der Waals surface area contributed by atoms with Crippen molar-refractivity contribution in [2.75, 3.05) is 13.2 Å². The smallest absolute Gasteiger partial charge is 0.341 e. The third-order valence-electron chi connectivity index (χ3n) is 7.14. The van der Waals surface area contributed by atoms with E-state index < -0.39 is 11.9 Å². The summed E-state index contributed by atoms with van der Waals surface area (Å²) in [6.45, 7) is -0.707. The Balaban J connectivity index is 0.000000232. The third kappa shape index (κ3) is 12.4. The molecule has 2 heterocycles. The number of carbonyl (C=O) groups is 2. The first-order chi connectivity index (χ1) is 25.1. The Morgan fingerprint density at radius 3 is 1.11 bits per heavy atom. The molecule has 13 heteroatoms. The molecular weight excluding hydrogens is 1030 g/mol. The molecule has 4 aromatic carbocycles. The first kappa shape index (κ1) is 42.6. The predicted octanol–water partition coefficient (Wildman–Crippen LogP) is 12.6. The van der Waals surface area contributed by atoms with Crippen molar-refractivity contribution in [1.82, 2.24) is 0 Å². The molecule has 6 nitrogen and oxygen atoms in total. The van der Waals surface area contributed by atoms with Gasteiger partial charge in [-0.1, -0.05) is 84.9 Å². The number of hydrogen-bond donors (Lipinski definition) is 2. The van der Waals surface area contributed by atoms with Gasteiger partial charge in [-0.05, 0) is 135 Å². The molecule has 0 fully saturated rings. The van der Waals surface area contributed by atoms with E-state index in [0.29, 0.717) is 11.5 Å². The van der Waals surface area contributed by atoms with Gasteiger partial charge in [-0.15, -0.1) is 22.7 Å². The standard InChI is InChI=1S/2C20H14Br2O3S.Zn/c2*21-17-11-10-16(26-17)19(20(22)14-4-2-1-3-5-14)13-6-8-15(9-7-13)25-12-18(23)24;/h2*1-11H,12H2,(H,23,24);/b2*20-19+;. The van der Waals surface area contributed by atoms with Crippen LogP contribution in [0.25, 0.3) is 20.1 Å². The number of aliphatic carboxylic acids is 2. The van der Waals surface area contributed by atoms with E-state index in [9.17, 15) is 9.59 Å². The maximum atomic E-state index is 10.6. The fraction of sp³-hybridized carbons (Fsp3) is 0.0500. The van der Waals surface area contributed by atoms with Gasteiger partial charge in [0.15, 0.2) is 13.2 Å². The fourth-order valence-corrected chi connectivity index (χ4v) is 9.43. The second kappa shape index (κ2) is 21.1. The molecule has 0 atom stereocenters. The van der Waals surface area contributed by atoms with Crippen LogP contribution in [0.3, 0.4) is 0 Å². The summed E-state index contributed by atoms with van der Waals surface area (Å²) in [7, 11) is 0. The van der Waals surface area contributed by atoms with Gasteiger partial charge in [-0.25, -0.2) is 9.59 Å². The molecule has 266 valence electrons. The number of hydrogen-bond acceptors (Lipinski definition) is 6. The van der Waals surface area contributed by atoms with Crippen molar-refractivity contribution in [3.05, 3.63) is 173 Å². The summed E-state index contributed by atoms with van der Waals surface area (Å²) in [6.07, 6.45) is 0. The number of halogens is 4. The van der Waals surface area contributed by atoms with Crippen molar-refractivity contribution >= 4 is 118 Å². The van der Waals surface area contributed by atoms with E-state index in [-0.39, 0.29) is 32.7 Å². The molecule has 0 bridgehead atoms. The van der Waals surface area contributed by atoms with Crippen molar-refractivity contribution in [1.29, 1.82) is 0 Å². The van der Waals surface area contributed by atoms with Crippen LogP contribution in [-0.4, -0.2) is 35.4 Å². The summed E-state index contributed by atoms with van der Waals surface area (Å²) in [6, 6.07) is 43.3. The zero-order valence-electron chi connectivity index (χ0n) is 27.7. The van der Waals surface area contributed by atoms with Crippen molar-refractivity contribution in [3.8, 4) is 11.5 Å². The van der Waals surface area contributed by atoms with E-state index in [2.05, 4.69) is 100 Å². The molecule has 0 saturated carbocycles. The number of carboxylic acid groups (broad SMARTS) is 2. The quantitative estimate of drug-likeness (QED) is 0.0937. The Morgan fingerprint density at radius 2 is 0.830 bits per heavy atom. The van der Waals surface area contributed by atoms with E-state index in [4.69, 9.17) is 19.7 Å². The molecule has 0 unspecified atom stereocenters. The van der Waals surface area contributed by atoms with Gasteiger partial charge in [0.25, 0.3) is 0 Å². The summed E-state index contributed by atoms with van der Waals surface area (Å²) in [4.78, 5) is 23.5. The maximum Gasteiger partial charge on any atom is 0.341 e. The fourth-order valence-electron chi connectivity index (χ4n) is 4.84. The van der Waals surface area contributed by atoms with E-state index >= 15 is 0 Å². The molecule has 0 aliphatic heterocycles. The molecule has 0 radical (unpaired) electrons. The summed E-state index contributed by atoms with van der Waals surface area (Å²) < 4.78 is 14.5. The molecule has 0 aliphatic carbocycles. The van der Waals surface area contributed by atoms with Crippen LogP contribution in [0.2, 0.25) is 0 Å². The second-order valence-corrected chi connectivity index (χ2v) is 17.2. The van der Waals surface area contributed by atoms with Crippen LogP contribution in [0.15, 0.2) is 141 Å². The Hall–Kier alpha value is -3.16. The van der Waals surface area contributed by atoms with Crippen LogP contribution >= 0.6 is 86.4 Å². The summed E-state index contributed by atoms with van der Waals surface area (Å²) in [5, 5.41) is 17.5. The molecule has 0 amide bonds. The summed E-state index contributed by atoms with van der Waals surface area (Å²) >= 11 is 17.9. The second-order valence-electron chi connectivity index (χ2n) is 10.7. The minimum absolute atomic E-state index is 0. The normalized spacial score (nSPS) is 11.5. The van der Waals surface area contributed by atoms with Crippen LogP contribution < -0.4 is 9.47 Å². The number of rotatable bonds is 12. The Morgan fingerprint density at radius 1 is 0.491 bits per heavy atom. The predicted molar refractivity (Wildman–Crippen MR) is 226 cm³/mol. The van der Waals surface area contributed by atoms with Crippen molar-refractivity contribution in [3.63, 3.8) is 0 Å². The molecule has 6 rings (SSSR count). The molecule has 0 aliphatic rings. The molecule has 2 aromatic heterocycles. The topological polar surface area (TPSA) is 93.1 Å². The summed E-state index contributed by atoms with van der Waals surface area (Å²) in [5.41, 5.74) is 6.32. The van der Waals surface area contributed by atoms with Gasteiger partial charge in [-0.2, -0.15) is 0 Å². The van der Waals surface area contributed by atoms with Crippen molar-refractivity contribution in [2.24, 2.45) is 0 Å². The monoisotopic (exact) mass is 1050 g/mol. The number of ether oxygens (including phenoxy) is 2. The largest absolute Gasteiger partial charge is 0.482 e. The molecule has 6 aromatic rings. The minimum atomic E-state index is -0.995. The zero-order chi connectivity index (χ0) is 37.0. The Kier molecular flexibility index (Phi) is 16.9. The first-order valence-electron chi connectivity index (χ1n) is 15.4. The minimum Gasteiger partial charge on any atom is -0.482 e. The molecule has 53 heavy (non-hydrogen) atoms. The van der Waals surface area contributed by atoms with Gasteiger partial charge in [0, 0.05) is 49.3 Å². The summed E-state index contributed by atoms with van der Waals surface area (Å²) in [5.74, 6) is -0.938. The van der Waals surface area contributed by atoms with Gasteiger partial charge in [0.05, 0.1) is 7.57 Å². The Labute approximate surface area is 361 Å². The average molecular weight is 1050 g/mol. The number of benzene rings is 4. The van der Waals surface area contributed by atoms with Gasteiger partial charge in [-0.3, -0.25) is 0 Å². The molecule has 0 spiro atoms. The molecule has 2 N–H and O–H groups in total. The maximum absolute atomic E-state index is 10.6. The van der Waals surface area contributed by atoms with Gasteiger partial charge in [0.1, 0.15) is 11.5 Å². The van der Waals surface area contributed by atoms with E-state index in [1.807, 2.05) is 72.8 Å². The first-order valence-corrected chi connectivity index (χ1v) is 20.2. The molecule has 0 saturated heterocycles.